The Hall–Kier alpha value is 0.556. The zero-order chi connectivity index (χ0) is 9.52. The van der Waals surface area contributed by atoms with Gasteiger partial charge in [-0.1, -0.05) is 24.8 Å². The molecule has 0 saturated carbocycles. The first-order valence-electron chi connectivity index (χ1n) is 4.63. The Morgan fingerprint density at radius 2 is 2.07 bits per heavy atom. The molecule has 0 aliphatic carbocycles. The van der Waals surface area contributed by atoms with Gasteiger partial charge in [0.2, 0.25) is 0 Å². The van der Waals surface area contributed by atoms with Crippen molar-refractivity contribution in [1.29, 1.82) is 0 Å². The number of hydrogen-bond acceptors (Lipinski definition) is 1. The largest absolute Gasteiger partial charge is 2.00 e. The molecule has 0 atom stereocenters. The van der Waals surface area contributed by atoms with Gasteiger partial charge in [0.05, 0.1) is 6.61 Å². The molecule has 0 unspecified atom stereocenters. The Morgan fingerprint density at radius 1 is 1.33 bits per heavy atom. The van der Waals surface area contributed by atoms with Gasteiger partial charge < -0.3 is 21.7 Å². The maximum absolute atomic E-state index is 5.71. The fraction of sp³-hybridized carbons (Fsp3) is 0.455. The molecule has 0 fully saturated rings. The van der Waals surface area contributed by atoms with Crippen LogP contribution in [-0.4, -0.2) is 29.7 Å². The molecule has 80 valence electrons. The van der Waals surface area contributed by atoms with Gasteiger partial charge in [-0.25, -0.2) is 0 Å². The molecule has 1 aromatic rings. The van der Waals surface area contributed by atoms with E-state index in [-0.39, 0.29) is 40.0 Å². The van der Waals surface area contributed by atoms with E-state index in [0.717, 1.165) is 18.8 Å². The number of rotatable bonds is 5. The van der Waals surface area contributed by atoms with Crippen LogP contribution in [0.3, 0.4) is 0 Å². The topological polar surface area (TPSA) is 9.23 Å². The second-order valence-corrected chi connectivity index (χ2v) is 3.36. The molecule has 15 heavy (non-hydrogen) atoms. The molecule has 0 heterocycles. The average molecular weight is 302 g/mol. The van der Waals surface area contributed by atoms with Crippen molar-refractivity contribution < 1.29 is 21.7 Å². The van der Waals surface area contributed by atoms with Gasteiger partial charge in [-0.05, 0) is 6.42 Å². The van der Waals surface area contributed by atoms with E-state index in [1.807, 2.05) is 12.1 Å². The van der Waals surface area contributed by atoms with Gasteiger partial charge in [0, 0.05) is 5.75 Å². The van der Waals surface area contributed by atoms with Crippen molar-refractivity contribution in [3.05, 3.63) is 29.3 Å². The smallest absolute Gasteiger partial charge is 1.00 e. The van der Waals surface area contributed by atoms with Crippen molar-refractivity contribution >= 4 is 34.7 Å². The van der Waals surface area contributed by atoms with Crippen LogP contribution in [0.4, 0.5) is 0 Å². The summed E-state index contributed by atoms with van der Waals surface area (Å²) in [6.45, 7) is 2.94. The summed E-state index contributed by atoms with van der Waals surface area (Å²) in [6, 6.07) is 8.33. The van der Waals surface area contributed by atoms with Crippen LogP contribution in [0.15, 0.2) is 18.2 Å². The number of halogens is 2. The first-order valence-corrected chi connectivity index (χ1v) is 5.00. The molecular formula is C11H14BrClMgO. The van der Waals surface area contributed by atoms with E-state index >= 15 is 0 Å². The van der Waals surface area contributed by atoms with E-state index in [4.69, 9.17) is 16.3 Å². The van der Waals surface area contributed by atoms with Crippen molar-refractivity contribution in [2.45, 2.75) is 26.2 Å². The van der Waals surface area contributed by atoms with Crippen LogP contribution in [0.5, 0.6) is 5.75 Å². The van der Waals surface area contributed by atoms with Crippen LogP contribution < -0.4 is 21.7 Å². The van der Waals surface area contributed by atoms with Crippen LogP contribution in [0.1, 0.15) is 26.2 Å². The molecule has 0 saturated heterocycles. The van der Waals surface area contributed by atoms with Crippen molar-refractivity contribution in [2.75, 3.05) is 6.61 Å². The average Bonchev–Trinajstić information content (AvgIpc) is 2.15. The first-order chi connectivity index (χ1) is 6.33. The number of hydrogen-bond donors (Lipinski definition) is 0. The number of unbranched alkanes of at least 4 members (excludes halogenated alkanes) is 2. The van der Waals surface area contributed by atoms with Crippen LogP contribution in [0.2, 0.25) is 5.02 Å². The minimum atomic E-state index is 0. The van der Waals surface area contributed by atoms with Crippen LogP contribution in [0, 0.1) is 6.07 Å². The Balaban J connectivity index is 0. The molecule has 0 aliphatic rings. The Bertz CT molecular complexity index is 241. The summed E-state index contributed by atoms with van der Waals surface area (Å²) in [7, 11) is 0. The van der Waals surface area contributed by atoms with Crippen molar-refractivity contribution in [2.24, 2.45) is 0 Å². The van der Waals surface area contributed by atoms with Gasteiger partial charge in [0.1, 0.15) is 0 Å². The van der Waals surface area contributed by atoms with Gasteiger partial charge in [0.25, 0.3) is 0 Å². The molecular weight excluding hydrogens is 288 g/mol. The summed E-state index contributed by atoms with van der Waals surface area (Å²) in [4.78, 5) is 0. The Morgan fingerprint density at radius 3 is 2.60 bits per heavy atom. The zero-order valence-electron chi connectivity index (χ0n) is 8.93. The van der Waals surface area contributed by atoms with Gasteiger partial charge in [0.15, 0.2) is 0 Å². The number of ether oxygens (including phenoxy) is 1. The zero-order valence-corrected chi connectivity index (χ0v) is 12.7. The van der Waals surface area contributed by atoms with Crippen LogP contribution in [0.25, 0.3) is 0 Å². The summed E-state index contributed by atoms with van der Waals surface area (Å²) in [5, 5.41) is 0.695. The van der Waals surface area contributed by atoms with Gasteiger partial charge in [-0.3, -0.25) is 0 Å². The molecule has 4 heteroatoms. The second-order valence-electron chi connectivity index (χ2n) is 2.93. The molecule has 0 amide bonds. The maximum atomic E-state index is 5.71. The van der Waals surface area contributed by atoms with E-state index in [0.29, 0.717) is 5.02 Å². The van der Waals surface area contributed by atoms with Crippen LogP contribution >= 0.6 is 11.6 Å². The summed E-state index contributed by atoms with van der Waals surface area (Å²) in [5.41, 5.74) is 0. The maximum Gasteiger partial charge on any atom is 2.00 e. The fourth-order valence-electron chi connectivity index (χ4n) is 1.02. The first kappa shape index (κ1) is 17.9. The third kappa shape index (κ3) is 8.37. The summed E-state index contributed by atoms with van der Waals surface area (Å²) >= 11 is 5.71. The third-order valence-corrected chi connectivity index (χ3v) is 1.99. The van der Waals surface area contributed by atoms with Crippen molar-refractivity contribution in [1.82, 2.24) is 0 Å². The molecule has 0 bridgehead atoms. The SMILES string of the molecule is CCCCCOc1[c-]cc(Cl)cc1.[Br-].[Mg+2]. The van der Waals surface area contributed by atoms with E-state index in [2.05, 4.69) is 13.0 Å². The molecule has 0 aliphatic heterocycles. The minimum absolute atomic E-state index is 0. The molecule has 1 nitrogen and oxygen atoms in total. The Labute approximate surface area is 123 Å². The molecule has 1 rings (SSSR count). The molecule has 0 N–H and O–H groups in total. The van der Waals surface area contributed by atoms with Gasteiger partial charge in [-0.15, -0.1) is 12.1 Å². The van der Waals surface area contributed by atoms with Gasteiger partial charge in [-0.2, -0.15) is 23.7 Å². The quantitative estimate of drug-likeness (QED) is 0.433. The third-order valence-electron chi connectivity index (χ3n) is 1.75. The monoisotopic (exact) mass is 300 g/mol. The molecule has 0 spiro atoms. The van der Waals surface area contributed by atoms with Crippen molar-refractivity contribution in [3.63, 3.8) is 0 Å². The normalized spacial score (nSPS) is 8.67. The molecule has 0 radical (unpaired) electrons. The van der Waals surface area contributed by atoms with Gasteiger partial charge >= 0.3 is 23.1 Å². The van der Waals surface area contributed by atoms with Crippen molar-refractivity contribution in [3.8, 4) is 5.75 Å². The van der Waals surface area contributed by atoms with E-state index < -0.39 is 0 Å². The number of benzene rings is 1. The summed E-state index contributed by atoms with van der Waals surface area (Å²) in [5.74, 6) is 0.778. The summed E-state index contributed by atoms with van der Waals surface area (Å²) < 4.78 is 5.45. The second kappa shape index (κ2) is 11.1. The predicted octanol–water partition coefficient (Wildman–Crippen LogP) is 0.332. The molecule has 0 aromatic heterocycles. The predicted molar refractivity (Wildman–Crippen MR) is 61.1 cm³/mol. The fourth-order valence-corrected chi connectivity index (χ4v) is 1.13. The van der Waals surface area contributed by atoms with E-state index in [1.165, 1.54) is 12.8 Å². The minimum Gasteiger partial charge on any atom is -1.00 e. The Kier molecular flexibility index (Phi) is 13.2. The van der Waals surface area contributed by atoms with E-state index in [1.54, 1.807) is 6.07 Å². The summed E-state index contributed by atoms with van der Waals surface area (Å²) in [6.07, 6.45) is 3.54. The van der Waals surface area contributed by atoms with Crippen LogP contribution in [-0.2, 0) is 0 Å². The van der Waals surface area contributed by atoms with E-state index in [9.17, 15) is 0 Å². The standard InChI is InChI=1S/C11H14ClO.BrH.Mg/c1-2-3-4-9-13-11-7-5-10(12)6-8-11;;/h5-7H,2-4,9H2,1H3;1H;/q-1;;+2/p-1. The molecule has 1 aromatic carbocycles.